The molecule has 24 heavy (non-hydrogen) atoms. The monoisotopic (exact) mass is 342 g/mol. The van der Waals surface area contributed by atoms with E-state index in [0.29, 0.717) is 0 Å². The van der Waals surface area contributed by atoms with Crippen molar-refractivity contribution in [3.8, 4) is 11.1 Å². The summed E-state index contributed by atoms with van der Waals surface area (Å²) >= 11 is 1.76. The Morgan fingerprint density at radius 1 is 1.08 bits per heavy atom. The lowest BCUT2D eigenvalue weighted by atomic mass is 10.0. The van der Waals surface area contributed by atoms with Gasteiger partial charge in [0.25, 0.3) is 0 Å². The summed E-state index contributed by atoms with van der Waals surface area (Å²) in [5, 5.41) is 0.124. The molecule has 0 radical (unpaired) electrons. The average Bonchev–Trinajstić information content (AvgIpc) is 2.61. The van der Waals surface area contributed by atoms with Crippen molar-refractivity contribution in [2.45, 2.75) is 52.2 Å². The summed E-state index contributed by atoms with van der Waals surface area (Å²) < 4.78 is 14.6. The number of benzene rings is 2. The number of aryl methyl sites for hydroxylation is 1. The predicted molar refractivity (Wildman–Crippen MR) is 106 cm³/mol. The van der Waals surface area contributed by atoms with E-state index in [2.05, 4.69) is 58.0 Å². The lowest BCUT2D eigenvalue weighted by molar-refractivity contribution is 0.611. The van der Waals surface area contributed by atoms with E-state index in [1.54, 1.807) is 17.8 Å². The van der Waals surface area contributed by atoms with Crippen LogP contribution >= 0.6 is 11.8 Å². The highest BCUT2D eigenvalue weighted by molar-refractivity contribution is 8.03. The van der Waals surface area contributed by atoms with Gasteiger partial charge in [-0.2, -0.15) is 0 Å². The molecule has 0 aliphatic heterocycles. The molecule has 0 aliphatic rings. The van der Waals surface area contributed by atoms with E-state index >= 15 is 0 Å². The van der Waals surface area contributed by atoms with Crippen LogP contribution in [0, 0.1) is 5.82 Å². The molecule has 0 saturated heterocycles. The smallest absolute Gasteiger partial charge is 0.128 e. The largest absolute Gasteiger partial charge is 0.207 e. The molecular formula is C22H27FS. The molecule has 0 saturated carbocycles. The van der Waals surface area contributed by atoms with Crippen LogP contribution in [0.2, 0.25) is 0 Å². The second-order valence-electron chi connectivity index (χ2n) is 6.05. The minimum Gasteiger partial charge on any atom is -0.207 e. The first-order valence-corrected chi connectivity index (χ1v) is 9.67. The van der Waals surface area contributed by atoms with Crippen molar-refractivity contribution in [1.29, 1.82) is 0 Å². The van der Waals surface area contributed by atoms with Gasteiger partial charge in [-0.05, 0) is 54.4 Å². The maximum Gasteiger partial charge on any atom is 0.128 e. The first kappa shape index (κ1) is 18.8. The van der Waals surface area contributed by atoms with Crippen LogP contribution in [0.3, 0.4) is 0 Å². The number of hydrogen-bond acceptors (Lipinski definition) is 1. The first-order chi connectivity index (χ1) is 11.6. The Hall–Kier alpha value is -1.54. The van der Waals surface area contributed by atoms with Gasteiger partial charge in [0, 0.05) is 10.8 Å². The predicted octanol–water partition coefficient (Wildman–Crippen LogP) is 7.55. The maximum atomic E-state index is 14.6. The SMILES string of the molecule is C/C=C(/CCC)SC(C)c1ccc(-c2ccc(CC)cc2)cc1F. The highest BCUT2D eigenvalue weighted by Gasteiger charge is 2.14. The van der Waals surface area contributed by atoms with Crippen LogP contribution in [0.1, 0.15) is 56.9 Å². The third kappa shape index (κ3) is 4.73. The van der Waals surface area contributed by atoms with Crippen molar-refractivity contribution < 1.29 is 4.39 Å². The number of hydrogen-bond donors (Lipinski definition) is 0. The lowest BCUT2D eigenvalue weighted by Gasteiger charge is -2.15. The molecule has 0 fully saturated rings. The summed E-state index contributed by atoms with van der Waals surface area (Å²) in [6, 6.07) is 14.0. The molecule has 1 atom stereocenters. The van der Waals surface area contributed by atoms with Gasteiger partial charge in [-0.1, -0.05) is 62.7 Å². The van der Waals surface area contributed by atoms with Gasteiger partial charge in [0.15, 0.2) is 0 Å². The Morgan fingerprint density at radius 2 is 1.75 bits per heavy atom. The molecule has 0 N–H and O–H groups in total. The number of thioether (sulfide) groups is 1. The summed E-state index contributed by atoms with van der Waals surface area (Å²) in [4.78, 5) is 1.34. The van der Waals surface area contributed by atoms with Gasteiger partial charge >= 0.3 is 0 Å². The van der Waals surface area contributed by atoms with Crippen LogP contribution in [0.25, 0.3) is 11.1 Å². The van der Waals surface area contributed by atoms with Crippen LogP contribution < -0.4 is 0 Å². The van der Waals surface area contributed by atoms with E-state index in [9.17, 15) is 4.39 Å². The Labute approximate surface area is 150 Å². The highest BCUT2D eigenvalue weighted by Crippen LogP contribution is 2.38. The van der Waals surface area contributed by atoms with Gasteiger partial charge < -0.3 is 0 Å². The van der Waals surface area contributed by atoms with Gasteiger partial charge in [0.05, 0.1) is 0 Å². The zero-order chi connectivity index (χ0) is 17.5. The Balaban J connectivity index is 2.19. The Kier molecular flexibility index (Phi) is 7.11. The third-order valence-corrected chi connectivity index (χ3v) is 5.63. The summed E-state index contributed by atoms with van der Waals surface area (Å²) in [6.07, 6.45) is 5.35. The molecule has 0 heterocycles. The number of rotatable bonds is 7. The molecule has 0 amide bonds. The molecule has 128 valence electrons. The van der Waals surface area contributed by atoms with E-state index in [-0.39, 0.29) is 11.1 Å². The molecule has 0 bridgehead atoms. The molecular weight excluding hydrogens is 315 g/mol. The van der Waals surface area contributed by atoms with E-state index in [0.717, 1.165) is 36.0 Å². The Bertz CT molecular complexity index is 686. The summed E-state index contributed by atoms with van der Waals surface area (Å²) in [7, 11) is 0. The molecule has 2 aromatic rings. The van der Waals surface area contributed by atoms with E-state index < -0.39 is 0 Å². The van der Waals surface area contributed by atoms with Gasteiger partial charge in [-0.15, -0.1) is 11.8 Å². The van der Waals surface area contributed by atoms with Crippen molar-refractivity contribution in [2.75, 3.05) is 0 Å². The second-order valence-corrected chi connectivity index (χ2v) is 7.52. The normalized spacial score (nSPS) is 13.1. The quantitative estimate of drug-likeness (QED) is 0.500. The molecule has 2 heteroatoms. The molecule has 1 unspecified atom stereocenters. The molecule has 2 aromatic carbocycles. The van der Waals surface area contributed by atoms with Crippen molar-refractivity contribution in [3.63, 3.8) is 0 Å². The topological polar surface area (TPSA) is 0 Å². The van der Waals surface area contributed by atoms with Gasteiger partial charge in [0.2, 0.25) is 0 Å². The highest BCUT2D eigenvalue weighted by atomic mass is 32.2. The second kappa shape index (κ2) is 9.08. The van der Waals surface area contributed by atoms with Gasteiger partial charge in [-0.3, -0.25) is 0 Å². The minimum atomic E-state index is -0.112. The first-order valence-electron chi connectivity index (χ1n) is 8.79. The van der Waals surface area contributed by atoms with Gasteiger partial charge in [0.1, 0.15) is 5.82 Å². The minimum absolute atomic E-state index is 0.112. The Morgan fingerprint density at radius 3 is 2.29 bits per heavy atom. The van der Waals surface area contributed by atoms with E-state index in [1.165, 1.54) is 10.5 Å². The summed E-state index contributed by atoms with van der Waals surface area (Å²) in [5.41, 5.74) is 4.09. The molecule has 0 nitrogen and oxygen atoms in total. The number of halogens is 1. The summed E-state index contributed by atoms with van der Waals surface area (Å²) in [6.45, 7) is 8.45. The van der Waals surface area contributed by atoms with Crippen LogP contribution in [-0.4, -0.2) is 0 Å². The molecule has 0 aromatic heterocycles. The zero-order valence-electron chi connectivity index (χ0n) is 15.1. The van der Waals surface area contributed by atoms with Crippen LogP contribution in [0.4, 0.5) is 4.39 Å². The lowest BCUT2D eigenvalue weighted by Crippen LogP contribution is -1.95. The standard InChI is InChI=1S/C22H27FS/c1-5-8-20(7-3)24-16(4)21-14-13-19(15-22(21)23)18-11-9-17(6-2)10-12-18/h7,9-16H,5-6,8H2,1-4H3/b20-7-. The van der Waals surface area contributed by atoms with Crippen molar-refractivity contribution in [3.05, 3.63) is 70.4 Å². The van der Waals surface area contributed by atoms with Crippen molar-refractivity contribution >= 4 is 11.8 Å². The maximum absolute atomic E-state index is 14.6. The summed E-state index contributed by atoms with van der Waals surface area (Å²) in [5.74, 6) is -0.112. The van der Waals surface area contributed by atoms with Crippen molar-refractivity contribution in [2.24, 2.45) is 0 Å². The zero-order valence-corrected chi connectivity index (χ0v) is 15.9. The molecule has 2 rings (SSSR count). The van der Waals surface area contributed by atoms with E-state index in [1.807, 2.05) is 12.1 Å². The fourth-order valence-corrected chi connectivity index (χ4v) is 4.01. The van der Waals surface area contributed by atoms with Crippen LogP contribution in [0.5, 0.6) is 0 Å². The van der Waals surface area contributed by atoms with E-state index in [4.69, 9.17) is 0 Å². The molecule has 0 aliphatic carbocycles. The number of allylic oxidation sites excluding steroid dienone is 2. The fourth-order valence-electron chi connectivity index (χ4n) is 2.78. The van der Waals surface area contributed by atoms with Crippen LogP contribution in [0.15, 0.2) is 53.4 Å². The third-order valence-electron chi connectivity index (χ3n) is 4.28. The van der Waals surface area contributed by atoms with Crippen molar-refractivity contribution in [1.82, 2.24) is 0 Å². The average molecular weight is 343 g/mol. The molecule has 0 spiro atoms. The van der Waals surface area contributed by atoms with Gasteiger partial charge in [-0.25, -0.2) is 4.39 Å². The fraction of sp³-hybridized carbons (Fsp3) is 0.364. The van der Waals surface area contributed by atoms with Crippen LogP contribution in [-0.2, 0) is 6.42 Å².